The highest BCUT2D eigenvalue weighted by atomic mass is 35.5. The van der Waals surface area contributed by atoms with E-state index in [1.165, 1.54) is 12.8 Å². The van der Waals surface area contributed by atoms with Gasteiger partial charge in [0.2, 0.25) is 0 Å². The molecule has 0 aliphatic rings. The number of nitrogens with one attached hydrogen (secondary N) is 1. The molecule has 118 valence electrons. The molecule has 1 rings (SSSR count). The van der Waals surface area contributed by atoms with Crippen molar-refractivity contribution >= 4 is 11.6 Å². The Kier molecular flexibility index (Phi) is 9.36. The lowest BCUT2D eigenvalue weighted by Crippen LogP contribution is -2.32. The van der Waals surface area contributed by atoms with Gasteiger partial charge in [-0.25, -0.2) is 4.39 Å². The van der Waals surface area contributed by atoms with E-state index in [0.29, 0.717) is 18.0 Å². The van der Waals surface area contributed by atoms with Crippen molar-refractivity contribution in [3.63, 3.8) is 0 Å². The summed E-state index contributed by atoms with van der Waals surface area (Å²) in [5.74, 6) is -0.269. The van der Waals surface area contributed by atoms with Crippen LogP contribution in [0.3, 0.4) is 0 Å². The van der Waals surface area contributed by atoms with Crippen LogP contribution in [0.25, 0.3) is 0 Å². The number of unbranched alkanes of at least 4 members (excludes halogenated alkanes) is 3. The molecule has 0 radical (unpaired) electrons. The Bertz CT molecular complexity index is 420. The molecule has 0 aromatic heterocycles. The van der Waals surface area contributed by atoms with E-state index in [-0.39, 0.29) is 10.8 Å². The smallest absolute Gasteiger partial charge is 0.145 e. The van der Waals surface area contributed by atoms with E-state index in [4.69, 9.17) is 11.6 Å². The Morgan fingerprint density at radius 2 is 2.14 bits per heavy atom. The van der Waals surface area contributed by atoms with Gasteiger partial charge in [0.05, 0.1) is 5.02 Å². The van der Waals surface area contributed by atoms with Crippen LogP contribution >= 0.6 is 11.6 Å². The second kappa shape index (κ2) is 10.8. The minimum Gasteiger partial charge on any atom is -0.314 e. The lowest BCUT2D eigenvalue weighted by atomic mass is 9.99. The van der Waals surface area contributed by atoms with Crippen molar-refractivity contribution in [2.24, 2.45) is 0 Å². The minimum atomic E-state index is -0.269. The van der Waals surface area contributed by atoms with Crippen LogP contribution in [0.4, 0.5) is 4.39 Å². The summed E-state index contributed by atoms with van der Waals surface area (Å²) in [7, 11) is 0. The number of rotatable bonds is 11. The third kappa shape index (κ3) is 7.10. The lowest BCUT2D eigenvalue weighted by molar-refractivity contribution is 0.447. The molecule has 3 heteroatoms. The maximum Gasteiger partial charge on any atom is 0.145 e. The Hall–Kier alpha value is -0.860. The van der Waals surface area contributed by atoms with Gasteiger partial charge in [-0.1, -0.05) is 49.6 Å². The zero-order valence-corrected chi connectivity index (χ0v) is 13.8. The summed E-state index contributed by atoms with van der Waals surface area (Å²) in [6, 6.07) is 5.58. The van der Waals surface area contributed by atoms with E-state index in [2.05, 4.69) is 18.8 Å². The van der Waals surface area contributed by atoms with E-state index in [9.17, 15) is 4.39 Å². The molecule has 0 aliphatic carbocycles. The number of benzene rings is 1. The molecular formula is C18H27ClFN. The van der Waals surface area contributed by atoms with Crippen molar-refractivity contribution in [1.82, 2.24) is 5.32 Å². The summed E-state index contributed by atoms with van der Waals surface area (Å²) in [4.78, 5) is 0. The van der Waals surface area contributed by atoms with E-state index < -0.39 is 0 Å². The zero-order chi connectivity index (χ0) is 15.5. The van der Waals surface area contributed by atoms with E-state index in [1.807, 2.05) is 18.2 Å². The Morgan fingerprint density at radius 1 is 1.33 bits per heavy atom. The highest BCUT2D eigenvalue weighted by Crippen LogP contribution is 2.20. The normalized spacial score (nSPS) is 12.3. The van der Waals surface area contributed by atoms with Gasteiger partial charge in [0.25, 0.3) is 0 Å². The third-order valence-corrected chi connectivity index (χ3v) is 3.93. The van der Waals surface area contributed by atoms with Crippen LogP contribution in [-0.2, 0) is 6.42 Å². The van der Waals surface area contributed by atoms with Crippen LogP contribution in [0.5, 0.6) is 0 Å². The van der Waals surface area contributed by atoms with Crippen LogP contribution in [0.1, 0.15) is 51.0 Å². The van der Waals surface area contributed by atoms with Crippen molar-refractivity contribution in [1.29, 1.82) is 0 Å². The summed E-state index contributed by atoms with van der Waals surface area (Å²) in [6.45, 7) is 6.86. The van der Waals surface area contributed by atoms with Crippen LogP contribution in [-0.4, -0.2) is 12.6 Å². The molecule has 0 saturated heterocycles. The van der Waals surface area contributed by atoms with Crippen molar-refractivity contribution in [3.8, 4) is 0 Å². The van der Waals surface area contributed by atoms with Crippen LogP contribution in [0.2, 0.25) is 5.02 Å². The maximum absolute atomic E-state index is 14.0. The first kappa shape index (κ1) is 18.2. The SMILES string of the molecule is C=CCCCCCC(Cc1cccc(Cl)c1F)NCCC. The van der Waals surface area contributed by atoms with Gasteiger partial charge in [-0.2, -0.15) is 0 Å². The first-order valence-electron chi connectivity index (χ1n) is 7.96. The molecule has 0 fully saturated rings. The second-order valence-corrected chi connectivity index (χ2v) is 5.90. The molecular weight excluding hydrogens is 285 g/mol. The number of allylic oxidation sites excluding steroid dienone is 1. The second-order valence-electron chi connectivity index (χ2n) is 5.49. The molecule has 1 unspecified atom stereocenters. The summed E-state index contributed by atoms with van der Waals surface area (Å²) >= 11 is 5.86. The topological polar surface area (TPSA) is 12.0 Å². The van der Waals surface area contributed by atoms with E-state index >= 15 is 0 Å². The van der Waals surface area contributed by atoms with Crippen molar-refractivity contribution in [3.05, 3.63) is 47.3 Å². The molecule has 1 nitrogen and oxygen atoms in total. The first-order chi connectivity index (χ1) is 10.2. The van der Waals surface area contributed by atoms with E-state index in [0.717, 1.165) is 32.2 Å². The van der Waals surface area contributed by atoms with Crippen LogP contribution in [0, 0.1) is 5.82 Å². The fourth-order valence-electron chi connectivity index (χ4n) is 2.45. The molecule has 0 bridgehead atoms. The fraction of sp³-hybridized carbons (Fsp3) is 0.556. The quantitative estimate of drug-likeness (QED) is 0.419. The molecule has 1 aromatic carbocycles. The van der Waals surface area contributed by atoms with Crippen LogP contribution in [0.15, 0.2) is 30.9 Å². The summed E-state index contributed by atoms with van der Waals surface area (Å²) in [5.41, 5.74) is 0.710. The van der Waals surface area contributed by atoms with Gasteiger partial charge in [0, 0.05) is 6.04 Å². The molecule has 0 heterocycles. The Morgan fingerprint density at radius 3 is 2.86 bits per heavy atom. The molecule has 21 heavy (non-hydrogen) atoms. The standard InChI is InChI=1S/C18H27ClFN/c1-3-5-6-7-8-11-16(21-13-4-2)14-15-10-9-12-17(19)18(15)20/h3,9-10,12,16,21H,1,4-8,11,13-14H2,2H3. The van der Waals surface area contributed by atoms with Crippen molar-refractivity contribution < 1.29 is 4.39 Å². The van der Waals surface area contributed by atoms with Gasteiger partial charge >= 0.3 is 0 Å². The lowest BCUT2D eigenvalue weighted by Gasteiger charge is -2.19. The van der Waals surface area contributed by atoms with E-state index in [1.54, 1.807) is 6.07 Å². The molecule has 0 aliphatic heterocycles. The zero-order valence-electron chi connectivity index (χ0n) is 13.0. The molecule has 0 amide bonds. The number of hydrogen-bond donors (Lipinski definition) is 1. The average molecular weight is 312 g/mol. The molecule has 0 saturated carbocycles. The largest absolute Gasteiger partial charge is 0.314 e. The molecule has 0 spiro atoms. The Balaban J connectivity index is 2.52. The highest BCUT2D eigenvalue weighted by Gasteiger charge is 2.13. The van der Waals surface area contributed by atoms with Crippen molar-refractivity contribution in [2.45, 2.75) is 57.9 Å². The monoisotopic (exact) mass is 311 g/mol. The van der Waals surface area contributed by atoms with Gasteiger partial charge in [-0.3, -0.25) is 0 Å². The maximum atomic E-state index is 14.0. The number of halogens is 2. The summed E-state index contributed by atoms with van der Waals surface area (Å²) in [5, 5.41) is 3.74. The molecule has 1 atom stereocenters. The van der Waals surface area contributed by atoms with Gasteiger partial charge in [0.15, 0.2) is 0 Å². The Labute approximate surface area is 133 Å². The highest BCUT2D eigenvalue weighted by molar-refractivity contribution is 6.30. The molecule has 1 N–H and O–H groups in total. The van der Waals surface area contributed by atoms with Crippen molar-refractivity contribution in [2.75, 3.05) is 6.54 Å². The predicted molar refractivity (Wildman–Crippen MR) is 90.5 cm³/mol. The van der Waals surface area contributed by atoms with Gasteiger partial charge in [0.1, 0.15) is 5.82 Å². The third-order valence-electron chi connectivity index (χ3n) is 3.64. The summed E-state index contributed by atoms with van der Waals surface area (Å²) in [6.07, 6.45) is 9.47. The van der Waals surface area contributed by atoms with Crippen LogP contribution < -0.4 is 5.32 Å². The summed E-state index contributed by atoms with van der Waals surface area (Å²) < 4.78 is 14.0. The van der Waals surface area contributed by atoms with Gasteiger partial charge < -0.3 is 5.32 Å². The fourth-order valence-corrected chi connectivity index (χ4v) is 2.65. The predicted octanol–water partition coefficient (Wildman–Crippen LogP) is 5.53. The number of hydrogen-bond acceptors (Lipinski definition) is 1. The average Bonchev–Trinajstić information content (AvgIpc) is 2.48. The minimum absolute atomic E-state index is 0.215. The molecule has 1 aromatic rings. The first-order valence-corrected chi connectivity index (χ1v) is 8.34. The van der Waals surface area contributed by atoms with Gasteiger partial charge in [-0.05, 0) is 50.3 Å². The van der Waals surface area contributed by atoms with Gasteiger partial charge in [-0.15, -0.1) is 6.58 Å².